The summed E-state index contributed by atoms with van der Waals surface area (Å²) in [5.41, 5.74) is 2.18. The maximum Gasteiger partial charge on any atom is 0.195 e. The van der Waals surface area contributed by atoms with E-state index in [-0.39, 0.29) is 34.0 Å². The summed E-state index contributed by atoms with van der Waals surface area (Å²) in [4.78, 5) is 38.4. The van der Waals surface area contributed by atoms with Gasteiger partial charge in [-0.1, -0.05) is 72.3 Å². The van der Waals surface area contributed by atoms with Gasteiger partial charge in [0.15, 0.2) is 17.3 Å². The fourth-order valence-corrected chi connectivity index (χ4v) is 3.31. The van der Waals surface area contributed by atoms with Crippen LogP contribution >= 0.6 is 11.6 Å². The van der Waals surface area contributed by atoms with E-state index in [1.165, 1.54) is 6.08 Å². The minimum atomic E-state index is -0.331. The van der Waals surface area contributed by atoms with Crippen molar-refractivity contribution in [2.45, 2.75) is 0 Å². The van der Waals surface area contributed by atoms with Crippen molar-refractivity contribution in [2.24, 2.45) is 0 Å². The third-order valence-electron chi connectivity index (χ3n) is 4.52. The summed E-state index contributed by atoms with van der Waals surface area (Å²) in [6, 6.07) is 18.5. The highest BCUT2D eigenvalue weighted by Gasteiger charge is 2.32. The first-order chi connectivity index (χ1) is 13.1. The molecule has 3 aromatic rings. The Morgan fingerprint density at radius 2 is 1.37 bits per heavy atom. The van der Waals surface area contributed by atoms with E-state index in [9.17, 15) is 14.4 Å². The lowest BCUT2D eigenvalue weighted by Crippen LogP contribution is -2.23. The molecule has 0 saturated carbocycles. The number of benzene rings is 3. The summed E-state index contributed by atoms with van der Waals surface area (Å²) in [5, 5.41) is 0.610. The van der Waals surface area contributed by atoms with Gasteiger partial charge in [0.2, 0.25) is 0 Å². The molecular formula is C23H13ClO3. The third kappa shape index (κ3) is 3.03. The molecule has 1 aliphatic carbocycles. The van der Waals surface area contributed by atoms with Gasteiger partial charge in [0.05, 0.1) is 0 Å². The fourth-order valence-electron chi connectivity index (χ4n) is 3.19. The number of ketones is 3. The number of carbonyl (C=O) groups is 3. The second-order valence-electron chi connectivity index (χ2n) is 6.18. The Morgan fingerprint density at radius 3 is 2.07 bits per heavy atom. The van der Waals surface area contributed by atoms with E-state index in [0.29, 0.717) is 16.1 Å². The minimum absolute atomic E-state index is 0.173. The highest BCUT2D eigenvalue weighted by Crippen LogP contribution is 2.29. The molecule has 0 N–H and O–H groups in total. The highest BCUT2D eigenvalue weighted by atomic mass is 35.5. The summed E-state index contributed by atoms with van der Waals surface area (Å²) in [6.07, 6.45) is 3.05. The van der Waals surface area contributed by atoms with Crippen LogP contribution in [0.4, 0.5) is 0 Å². The van der Waals surface area contributed by atoms with Crippen molar-refractivity contribution in [3.05, 3.63) is 111 Å². The van der Waals surface area contributed by atoms with Crippen LogP contribution in [-0.4, -0.2) is 17.3 Å². The first kappa shape index (κ1) is 17.1. The predicted molar refractivity (Wildman–Crippen MR) is 105 cm³/mol. The average molecular weight is 373 g/mol. The molecule has 1 aliphatic rings. The van der Waals surface area contributed by atoms with Gasteiger partial charge in [0.25, 0.3) is 0 Å². The second kappa shape index (κ2) is 6.78. The van der Waals surface area contributed by atoms with Crippen LogP contribution in [0.5, 0.6) is 0 Å². The molecule has 0 radical (unpaired) electrons. The largest absolute Gasteiger partial charge is 0.289 e. The zero-order chi connectivity index (χ0) is 19.0. The highest BCUT2D eigenvalue weighted by molar-refractivity contribution is 6.31. The molecule has 0 aliphatic heterocycles. The van der Waals surface area contributed by atoms with Gasteiger partial charge in [-0.15, -0.1) is 0 Å². The third-order valence-corrected chi connectivity index (χ3v) is 4.77. The average Bonchev–Trinajstić information content (AvgIpc) is 2.71. The van der Waals surface area contributed by atoms with E-state index in [2.05, 4.69) is 0 Å². The molecular weight excluding hydrogens is 360 g/mol. The van der Waals surface area contributed by atoms with E-state index in [0.717, 1.165) is 5.56 Å². The molecule has 4 heteroatoms. The summed E-state index contributed by atoms with van der Waals surface area (Å²) < 4.78 is 0. The van der Waals surface area contributed by atoms with Gasteiger partial charge in [-0.2, -0.15) is 0 Å². The maximum atomic E-state index is 12.9. The lowest BCUT2D eigenvalue weighted by Gasteiger charge is -2.19. The van der Waals surface area contributed by atoms with Crippen molar-refractivity contribution in [2.75, 3.05) is 0 Å². The Hall–Kier alpha value is -3.30. The zero-order valence-corrected chi connectivity index (χ0v) is 14.9. The molecule has 0 atom stereocenters. The number of halogens is 1. The smallest absolute Gasteiger partial charge is 0.195 e. The van der Waals surface area contributed by atoms with Crippen molar-refractivity contribution >= 4 is 35.0 Å². The molecule has 27 heavy (non-hydrogen) atoms. The summed E-state index contributed by atoms with van der Waals surface area (Å²) >= 11 is 5.86. The van der Waals surface area contributed by atoms with Gasteiger partial charge in [-0.3, -0.25) is 14.4 Å². The lowest BCUT2D eigenvalue weighted by atomic mass is 9.81. The number of fused-ring (bicyclic) bond motifs is 2. The van der Waals surface area contributed by atoms with Gasteiger partial charge < -0.3 is 0 Å². The summed E-state index contributed by atoms with van der Waals surface area (Å²) in [7, 11) is 0. The van der Waals surface area contributed by atoms with E-state index >= 15 is 0 Å². The van der Waals surface area contributed by atoms with Gasteiger partial charge in [0, 0.05) is 32.8 Å². The quantitative estimate of drug-likeness (QED) is 0.375. The molecule has 3 aromatic carbocycles. The first-order valence-corrected chi connectivity index (χ1v) is 8.73. The van der Waals surface area contributed by atoms with Gasteiger partial charge in [-0.05, 0) is 23.8 Å². The van der Waals surface area contributed by atoms with Gasteiger partial charge >= 0.3 is 0 Å². The Morgan fingerprint density at radius 1 is 0.741 bits per heavy atom. The van der Waals surface area contributed by atoms with Crippen LogP contribution < -0.4 is 0 Å². The molecule has 0 unspecified atom stereocenters. The molecule has 0 fully saturated rings. The molecule has 0 amide bonds. The Kier molecular flexibility index (Phi) is 4.30. The lowest BCUT2D eigenvalue weighted by molar-refractivity contribution is 0.0972. The van der Waals surface area contributed by atoms with Gasteiger partial charge in [0.1, 0.15) is 0 Å². The first-order valence-electron chi connectivity index (χ1n) is 8.35. The number of hydrogen-bond donors (Lipinski definition) is 0. The second-order valence-corrected chi connectivity index (χ2v) is 6.62. The van der Waals surface area contributed by atoms with E-state index in [1.807, 2.05) is 0 Å². The van der Waals surface area contributed by atoms with E-state index < -0.39 is 0 Å². The van der Waals surface area contributed by atoms with Crippen molar-refractivity contribution in [3.63, 3.8) is 0 Å². The molecule has 0 spiro atoms. The predicted octanol–water partition coefficient (Wildman–Crippen LogP) is 5.01. The zero-order valence-electron chi connectivity index (χ0n) is 14.1. The van der Waals surface area contributed by atoms with Crippen molar-refractivity contribution in [3.8, 4) is 0 Å². The number of allylic oxidation sites excluding steroid dienone is 1. The van der Waals surface area contributed by atoms with Crippen LogP contribution in [0.3, 0.4) is 0 Å². The summed E-state index contributed by atoms with van der Waals surface area (Å²) in [5.74, 6) is -0.872. The SMILES string of the molecule is O=C(/C=C/c1ccc(Cl)cc1)c1cccc2c1C(=O)c1ccccc1C2=O. The van der Waals surface area contributed by atoms with Crippen LogP contribution in [0.15, 0.2) is 72.8 Å². The van der Waals surface area contributed by atoms with Crippen LogP contribution in [0.25, 0.3) is 6.08 Å². The van der Waals surface area contributed by atoms with E-state index in [1.54, 1.807) is 72.8 Å². The van der Waals surface area contributed by atoms with Crippen molar-refractivity contribution in [1.82, 2.24) is 0 Å². The Labute approximate surface area is 160 Å². The topological polar surface area (TPSA) is 51.2 Å². The standard InChI is InChI=1S/C23H13ClO3/c24-15-11-8-14(9-12-15)10-13-20(25)18-6-3-7-19-21(18)23(27)17-5-2-1-4-16(17)22(19)26/h1-13H/b13-10+. The van der Waals surface area contributed by atoms with Crippen molar-refractivity contribution < 1.29 is 14.4 Å². The monoisotopic (exact) mass is 372 g/mol. The molecule has 0 heterocycles. The Balaban J connectivity index is 1.75. The minimum Gasteiger partial charge on any atom is -0.289 e. The Bertz CT molecular complexity index is 1120. The number of rotatable bonds is 3. The van der Waals surface area contributed by atoms with Gasteiger partial charge in [-0.25, -0.2) is 0 Å². The van der Waals surface area contributed by atoms with Crippen LogP contribution in [0, 0.1) is 0 Å². The van der Waals surface area contributed by atoms with Crippen LogP contribution in [0.1, 0.15) is 47.8 Å². The number of hydrogen-bond acceptors (Lipinski definition) is 3. The molecule has 0 aromatic heterocycles. The van der Waals surface area contributed by atoms with Crippen LogP contribution in [0.2, 0.25) is 5.02 Å². The maximum absolute atomic E-state index is 12.9. The van der Waals surface area contributed by atoms with E-state index in [4.69, 9.17) is 11.6 Å². The molecule has 130 valence electrons. The molecule has 4 rings (SSSR count). The normalized spacial score (nSPS) is 12.8. The fraction of sp³-hybridized carbons (Fsp3) is 0. The molecule has 3 nitrogen and oxygen atoms in total. The molecule has 0 bridgehead atoms. The number of carbonyl (C=O) groups excluding carboxylic acids is 3. The van der Waals surface area contributed by atoms with Crippen molar-refractivity contribution in [1.29, 1.82) is 0 Å². The summed E-state index contributed by atoms with van der Waals surface area (Å²) in [6.45, 7) is 0. The van der Waals surface area contributed by atoms with Crippen LogP contribution in [-0.2, 0) is 0 Å². The molecule has 0 saturated heterocycles.